The van der Waals surface area contributed by atoms with Crippen LogP contribution >= 0.6 is 12.4 Å². The van der Waals surface area contributed by atoms with Crippen LogP contribution in [0.5, 0.6) is 0 Å². The van der Waals surface area contributed by atoms with E-state index in [2.05, 4.69) is 11.9 Å². The lowest BCUT2D eigenvalue weighted by Gasteiger charge is -2.31. The number of fused-ring (bicyclic) bond motifs is 1. The fourth-order valence-electron chi connectivity index (χ4n) is 3.28. The predicted molar refractivity (Wildman–Crippen MR) is 111 cm³/mol. The fourth-order valence-corrected chi connectivity index (χ4v) is 3.28. The van der Waals surface area contributed by atoms with Crippen LogP contribution in [0.15, 0.2) is 60.8 Å². The third-order valence-corrected chi connectivity index (χ3v) is 4.83. The van der Waals surface area contributed by atoms with E-state index >= 15 is 0 Å². The Balaban J connectivity index is 0.00000210. The molecule has 1 aliphatic heterocycles. The minimum Gasteiger partial charge on any atom is -0.337 e. The van der Waals surface area contributed by atoms with Gasteiger partial charge in [-0.2, -0.15) is 5.10 Å². The van der Waals surface area contributed by atoms with E-state index in [4.69, 9.17) is 5.10 Å². The lowest BCUT2D eigenvalue weighted by Crippen LogP contribution is -2.46. The summed E-state index contributed by atoms with van der Waals surface area (Å²) in [7, 11) is 2.09. The third-order valence-electron chi connectivity index (χ3n) is 4.83. The van der Waals surface area contributed by atoms with E-state index < -0.39 is 0 Å². The summed E-state index contributed by atoms with van der Waals surface area (Å²) in [4.78, 5) is 16.7. The summed E-state index contributed by atoms with van der Waals surface area (Å²) >= 11 is 0. The van der Waals surface area contributed by atoms with Crippen LogP contribution in [-0.4, -0.2) is 58.5 Å². The summed E-state index contributed by atoms with van der Waals surface area (Å²) in [6.07, 6.45) is 5.52. The Morgan fingerprint density at radius 3 is 2.44 bits per heavy atom. The van der Waals surface area contributed by atoms with Crippen LogP contribution in [0, 0.1) is 0 Å². The number of carbonyl (C=O) groups excluding carboxylic acids is 1. The Labute approximate surface area is 165 Å². The highest BCUT2D eigenvalue weighted by molar-refractivity contribution is 5.95. The summed E-state index contributed by atoms with van der Waals surface area (Å²) in [5.41, 5.74) is 3.90. The second-order valence-electron chi connectivity index (χ2n) is 6.62. The van der Waals surface area contributed by atoms with Crippen molar-refractivity contribution in [3.8, 4) is 11.3 Å². The normalized spacial score (nSPS) is 15.2. The van der Waals surface area contributed by atoms with Crippen molar-refractivity contribution in [3.05, 3.63) is 66.4 Å². The first-order valence-corrected chi connectivity index (χ1v) is 8.91. The van der Waals surface area contributed by atoms with Gasteiger partial charge in [-0.15, -0.1) is 12.4 Å². The Hall–Kier alpha value is -2.63. The molecule has 1 saturated heterocycles. The fraction of sp³-hybridized carbons (Fsp3) is 0.238. The molecule has 0 aliphatic carbocycles. The minimum atomic E-state index is 0. The van der Waals surface area contributed by atoms with Gasteiger partial charge in [-0.25, -0.2) is 4.52 Å². The maximum atomic E-state index is 12.6. The smallest absolute Gasteiger partial charge is 0.246 e. The first-order valence-electron chi connectivity index (χ1n) is 8.91. The molecule has 2 aromatic heterocycles. The number of amides is 1. The molecule has 3 heterocycles. The van der Waals surface area contributed by atoms with E-state index in [1.165, 1.54) is 0 Å². The van der Waals surface area contributed by atoms with Gasteiger partial charge in [-0.1, -0.05) is 36.4 Å². The Kier molecular flexibility index (Phi) is 5.94. The Bertz CT molecular complexity index is 943. The lowest BCUT2D eigenvalue weighted by atomic mass is 10.1. The van der Waals surface area contributed by atoms with E-state index in [9.17, 15) is 4.79 Å². The molecule has 1 aromatic carbocycles. The maximum Gasteiger partial charge on any atom is 0.246 e. The van der Waals surface area contributed by atoms with Crippen molar-refractivity contribution in [2.75, 3.05) is 33.2 Å². The van der Waals surface area contributed by atoms with E-state index in [1.54, 1.807) is 6.08 Å². The molecule has 140 valence electrons. The third kappa shape index (κ3) is 4.04. The number of rotatable bonds is 3. The monoisotopic (exact) mass is 382 g/mol. The molecule has 3 aromatic rings. The standard InChI is InChI=1S/C21H22N4O.ClH/c1-23-13-15-24(16-14-23)20(26)11-10-18-19-9-5-6-12-25(19)22-21(18)17-7-3-2-4-8-17;/h2-12H,13-16H2,1H3;1H. The SMILES string of the molecule is CN1CCN(C(=O)C=Cc2c(-c3ccccc3)nn3ccccc23)CC1.Cl. The highest BCUT2D eigenvalue weighted by Crippen LogP contribution is 2.27. The Morgan fingerprint density at radius 1 is 1.00 bits per heavy atom. The van der Waals surface area contributed by atoms with Crippen LogP contribution in [0.25, 0.3) is 22.9 Å². The molecular formula is C21H23ClN4O. The molecule has 0 saturated carbocycles. The summed E-state index contributed by atoms with van der Waals surface area (Å²) in [5.74, 6) is 0.0624. The summed E-state index contributed by atoms with van der Waals surface area (Å²) in [5, 5.41) is 4.72. The van der Waals surface area contributed by atoms with Gasteiger partial charge in [0.25, 0.3) is 0 Å². The van der Waals surface area contributed by atoms with Crippen molar-refractivity contribution in [2.24, 2.45) is 0 Å². The van der Waals surface area contributed by atoms with E-state index in [0.29, 0.717) is 0 Å². The number of hydrogen-bond donors (Lipinski definition) is 0. The molecule has 6 heteroatoms. The molecule has 1 amide bonds. The molecule has 0 unspecified atom stereocenters. The highest BCUT2D eigenvalue weighted by atomic mass is 35.5. The van der Waals surface area contributed by atoms with Gasteiger partial charge in [0.2, 0.25) is 5.91 Å². The second-order valence-corrected chi connectivity index (χ2v) is 6.62. The van der Waals surface area contributed by atoms with Crippen LogP contribution in [-0.2, 0) is 4.79 Å². The molecule has 0 bridgehead atoms. The van der Waals surface area contributed by atoms with Gasteiger partial charge in [0.05, 0.1) is 5.52 Å². The zero-order chi connectivity index (χ0) is 17.9. The number of pyridine rings is 1. The van der Waals surface area contributed by atoms with Crippen molar-refractivity contribution < 1.29 is 4.79 Å². The molecule has 0 radical (unpaired) electrons. The Morgan fingerprint density at radius 2 is 1.70 bits per heavy atom. The molecule has 4 rings (SSSR count). The number of piperazine rings is 1. The number of benzene rings is 1. The molecule has 0 atom stereocenters. The second kappa shape index (κ2) is 8.37. The van der Waals surface area contributed by atoms with Gasteiger partial charge in [-0.05, 0) is 25.3 Å². The van der Waals surface area contributed by atoms with Gasteiger partial charge >= 0.3 is 0 Å². The number of halogens is 1. The first kappa shape index (κ1) is 19.1. The van der Waals surface area contributed by atoms with Crippen molar-refractivity contribution in [1.29, 1.82) is 0 Å². The van der Waals surface area contributed by atoms with E-state index in [1.807, 2.05) is 70.2 Å². The van der Waals surface area contributed by atoms with E-state index in [0.717, 1.165) is 48.5 Å². The van der Waals surface area contributed by atoms with Crippen molar-refractivity contribution >= 4 is 29.9 Å². The van der Waals surface area contributed by atoms with Gasteiger partial charge in [0, 0.05) is 49.6 Å². The number of likely N-dealkylation sites (N-methyl/N-ethyl adjacent to an activating group) is 1. The highest BCUT2D eigenvalue weighted by Gasteiger charge is 2.18. The first-order chi connectivity index (χ1) is 12.7. The van der Waals surface area contributed by atoms with Crippen LogP contribution in [0.3, 0.4) is 0 Å². The number of aromatic nitrogens is 2. The molecule has 27 heavy (non-hydrogen) atoms. The number of nitrogens with zero attached hydrogens (tertiary/aromatic N) is 4. The minimum absolute atomic E-state index is 0. The van der Waals surface area contributed by atoms with Crippen LogP contribution in [0.1, 0.15) is 5.56 Å². The van der Waals surface area contributed by atoms with Gasteiger partial charge in [0.1, 0.15) is 5.69 Å². The van der Waals surface area contributed by atoms with Crippen LogP contribution < -0.4 is 0 Å². The zero-order valence-corrected chi connectivity index (χ0v) is 16.1. The van der Waals surface area contributed by atoms with Gasteiger partial charge in [-0.3, -0.25) is 4.79 Å². The summed E-state index contributed by atoms with van der Waals surface area (Å²) in [6, 6.07) is 16.1. The number of hydrogen-bond acceptors (Lipinski definition) is 3. The predicted octanol–water partition coefficient (Wildman–Crippen LogP) is 3.21. The molecular weight excluding hydrogens is 360 g/mol. The largest absolute Gasteiger partial charge is 0.337 e. The molecule has 1 aliphatic rings. The quantitative estimate of drug-likeness (QED) is 0.653. The van der Waals surface area contributed by atoms with Gasteiger partial charge < -0.3 is 9.80 Å². The average Bonchev–Trinajstić information content (AvgIpc) is 3.06. The summed E-state index contributed by atoms with van der Waals surface area (Å²) < 4.78 is 1.86. The topological polar surface area (TPSA) is 40.8 Å². The van der Waals surface area contributed by atoms with E-state index in [-0.39, 0.29) is 18.3 Å². The molecule has 5 nitrogen and oxygen atoms in total. The van der Waals surface area contributed by atoms with Crippen molar-refractivity contribution in [2.45, 2.75) is 0 Å². The zero-order valence-electron chi connectivity index (χ0n) is 15.3. The molecule has 0 spiro atoms. The van der Waals surface area contributed by atoms with Crippen LogP contribution in [0.2, 0.25) is 0 Å². The lowest BCUT2D eigenvalue weighted by molar-refractivity contribution is -0.127. The average molecular weight is 383 g/mol. The van der Waals surface area contributed by atoms with Crippen molar-refractivity contribution in [1.82, 2.24) is 19.4 Å². The van der Waals surface area contributed by atoms with Gasteiger partial charge in [0.15, 0.2) is 0 Å². The maximum absolute atomic E-state index is 12.6. The number of carbonyl (C=O) groups is 1. The van der Waals surface area contributed by atoms with Crippen LogP contribution in [0.4, 0.5) is 0 Å². The van der Waals surface area contributed by atoms with Crippen molar-refractivity contribution in [3.63, 3.8) is 0 Å². The summed E-state index contributed by atoms with van der Waals surface area (Å²) in [6.45, 7) is 3.40. The molecule has 0 N–H and O–H groups in total. The molecule has 1 fully saturated rings.